The minimum Gasteiger partial charge on any atom is -0.387 e. The van der Waals surface area contributed by atoms with Gasteiger partial charge in [0.2, 0.25) is 0 Å². The predicted molar refractivity (Wildman–Crippen MR) is 66.8 cm³/mol. The summed E-state index contributed by atoms with van der Waals surface area (Å²) in [6, 6.07) is 7.37. The van der Waals surface area contributed by atoms with Crippen molar-refractivity contribution in [1.29, 1.82) is 0 Å². The summed E-state index contributed by atoms with van der Waals surface area (Å²) in [7, 11) is 1.80. The van der Waals surface area contributed by atoms with E-state index in [2.05, 4.69) is 10.8 Å². The molecule has 17 heavy (non-hydrogen) atoms. The molecule has 0 heterocycles. The second-order valence-electron chi connectivity index (χ2n) is 4.25. The molecule has 0 aliphatic heterocycles. The summed E-state index contributed by atoms with van der Waals surface area (Å²) >= 11 is 0. The number of para-hydroxylation sites is 1. The molecule has 4 heteroatoms. The van der Waals surface area contributed by atoms with E-state index in [-0.39, 0.29) is 12.0 Å². The third-order valence-electron chi connectivity index (χ3n) is 3.06. The number of carbonyl (C=O) groups is 1. The van der Waals surface area contributed by atoms with Gasteiger partial charge in [0.25, 0.3) is 5.91 Å². The lowest BCUT2D eigenvalue weighted by atomic mass is 10.1. The lowest BCUT2D eigenvalue weighted by molar-refractivity contribution is -0.0124. The third-order valence-corrected chi connectivity index (χ3v) is 3.06. The number of amides is 1. The van der Waals surface area contributed by atoms with Crippen LogP contribution in [-0.4, -0.2) is 19.1 Å². The second-order valence-corrected chi connectivity index (χ2v) is 4.25. The van der Waals surface area contributed by atoms with E-state index in [0.29, 0.717) is 5.56 Å². The van der Waals surface area contributed by atoms with E-state index in [9.17, 15) is 4.79 Å². The van der Waals surface area contributed by atoms with Crippen LogP contribution in [0.1, 0.15) is 36.0 Å². The van der Waals surface area contributed by atoms with Gasteiger partial charge in [-0.3, -0.25) is 9.63 Å². The molecule has 0 unspecified atom stereocenters. The largest absolute Gasteiger partial charge is 0.387 e. The highest BCUT2D eigenvalue weighted by Gasteiger charge is 2.18. The van der Waals surface area contributed by atoms with Crippen LogP contribution in [0.15, 0.2) is 24.3 Å². The van der Waals surface area contributed by atoms with Crippen LogP contribution in [0.2, 0.25) is 0 Å². The Hall–Kier alpha value is -1.55. The maximum Gasteiger partial charge on any atom is 0.276 e. The molecule has 0 spiro atoms. The Kier molecular flexibility index (Phi) is 3.98. The van der Waals surface area contributed by atoms with Crippen molar-refractivity contribution < 1.29 is 9.63 Å². The first-order valence-electron chi connectivity index (χ1n) is 6.04. The van der Waals surface area contributed by atoms with E-state index in [4.69, 9.17) is 4.84 Å². The number of hydroxylamine groups is 1. The van der Waals surface area contributed by atoms with Crippen LogP contribution in [-0.2, 0) is 4.84 Å². The van der Waals surface area contributed by atoms with Crippen LogP contribution in [0.3, 0.4) is 0 Å². The minimum absolute atomic E-state index is 0.181. The standard InChI is InChI=1S/C13H18N2O2/c1-14-12-9-5-4-8-11(12)13(16)15-17-10-6-2-3-7-10/h4-5,8-10,14H,2-3,6-7H2,1H3,(H,15,16). The fourth-order valence-electron chi connectivity index (χ4n) is 2.10. The lowest BCUT2D eigenvalue weighted by Crippen LogP contribution is -2.28. The van der Waals surface area contributed by atoms with Crippen molar-refractivity contribution in [2.45, 2.75) is 31.8 Å². The molecule has 1 aromatic carbocycles. The molecular weight excluding hydrogens is 216 g/mol. The molecule has 1 fully saturated rings. The summed E-state index contributed by atoms with van der Waals surface area (Å²) in [6.45, 7) is 0. The Morgan fingerprint density at radius 3 is 2.71 bits per heavy atom. The third kappa shape index (κ3) is 2.97. The predicted octanol–water partition coefficient (Wildman–Crippen LogP) is 2.33. The molecule has 1 saturated carbocycles. The number of benzene rings is 1. The van der Waals surface area contributed by atoms with Crippen LogP contribution in [0, 0.1) is 0 Å². The summed E-state index contributed by atoms with van der Waals surface area (Å²) in [6.07, 6.45) is 4.63. The Balaban J connectivity index is 1.94. The van der Waals surface area contributed by atoms with Gasteiger partial charge in [-0.05, 0) is 25.0 Å². The van der Waals surface area contributed by atoms with Crippen molar-refractivity contribution in [3.63, 3.8) is 0 Å². The summed E-state index contributed by atoms with van der Waals surface area (Å²) in [4.78, 5) is 17.3. The van der Waals surface area contributed by atoms with Gasteiger partial charge < -0.3 is 5.32 Å². The quantitative estimate of drug-likeness (QED) is 0.786. The van der Waals surface area contributed by atoms with Gasteiger partial charge in [-0.25, -0.2) is 5.48 Å². The molecule has 1 amide bonds. The van der Waals surface area contributed by atoms with E-state index >= 15 is 0 Å². The number of hydrogen-bond acceptors (Lipinski definition) is 3. The highest BCUT2D eigenvalue weighted by atomic mass is 16.7. The van der Waals surface area contributed by atoms with Crippen molar-refractivity contribution in [3.8, 4) is 0 Å². The molecule has 2 rings (SSSR count). The summed E-state index contributed by atoms with van der Waals surface area (Å²) in [5.41, 5.74) is 3.95. The number of anilines is 1. The zero-order valence-electron chi connectivity index (χ0n) is 10.0. The maximum absolute atomic E-state index is 11.9. The summed E-state index contributed by atoms with van der Waals surface area (Å²) in [5.74, 6) is -0.193. The number of hydrogen-bond donors (Lipinski definition) is 2. The smallest absolute Gasteiger partial charge is 0.276 e. The molecule has 1 aliphatic rings. The van der Waals surface area contributed by atoms with E-state index in [1.807, 2.05) is 18.2 Å². The van der Waals surface area contributed by atoms with Crippen LogP contribution in [0.5, 0.6) is 0 Å². The fourth-order valence-corrected chi connectivity index (χ4v) is 2.10. The van der Waals surface area contributed by atoms with Gasteiger partial charge in [-0.2, -0.15) is 0 Å². The molecule has 0 atom stereocenters. The monoisotopic (exact) mass is 234 g/mol. The molecule has 4 nitrogen and oxygen atoms in total. The first-order valence-corrected chi connectivity index (χ1v) is 6.04. The zero-order valence-corrected chi connectivity index (χ0v) is 10.0. The van der Waals surface area contributed by atoms with Gasteiger partial charge in [0.05, 0.1) is 11.7 Å². The minimum atomic E-state index is -0.193. The topological polar surface area (TPSA) is 50.4 Å². The summed E-state index contributed by atoms with van der Waals surface area (Å²) in [5, 5.41) is 2.99. The van der Waals surface area contributed by atoms with Crippen molar-refractivity contribution >= 4 is 11.6 Å². The first kappa shape index (κ1) is 11.9. The van der Waals surface area contributed by atoms with E-state index in [0.717, 1.165) is 18.5 Å². The van der Waals surface area contributed by atoms with Crippen LogP contribution in [0.25, 0.3) is 0 Å². The van der Waals surface area contributed by atoms with Crippen LogP contribution < -0.4 is 10.8 Å². The lowest BCUT2D eigenvalue weighted by Gasteiger charge is -2.13. The highest BCUT2D eigenvalue weighted by molar-refractivity contribution is 5.98. The van der Waals surface area contributed by atoms with Crippen molar-refractivity contribution in [2.75, 3.05) is 12.4 Å². The Bertz CT molecular complexity index is 387. The SMILES string of the molecule is CNc1ccccc1C(=O)NOC1CCCC1. The van der Waals surface area contributed by atoms with Gasteiger partial charge in [0.15, 0.2) is 0 Å². The van der Waals surface area contributed by atoms with Gasteiger partial charge in [0, 0.05) is 12.7 Å². The molecular formula is C13H18N2O2. The number of nitrogens with one attached hydrogen (secondary N) is 2. The second kappa shape index (κ2) is 5.68. The van der Waals surface area contributed by atoms with E-state index in [1.165, 1.54) is 12.8 Å². The van der Waals surface area contributed by atoms with E-state index in [1.54, 1.807) is 13.1 Å². The average molecular weight is 234 g/mol. The summed E-state index contributed by atoms with van der Waals surface area (Å²) < 4.78 is 0. The average Bonchev–Trinajstić information content (AvgIpc) is 2.89. The molecule has 92 valence electrons. The van der Waals surface area contributed by atoms with Gasteiger partial charge >= 0.3 is 0 Å². The van der Waals surface area contributed by atoms with Crippen molar-refractivity contribution in [2.24, 2.45) is 0 Å². The number of carbonyl (C=O) groups excluding carboxylic acids is 1. The van der Waals surface area contributed by atoms with Crippen LogP contribution >= 0.6 is 0 Å². The zero-order chi connectivity index (χ0) is 12.1. The molecule has 0 saturated heterocycles. The Morgan fingerprint density at radius 1 is 1.29 bits per heavy atom. The molecule has 1 aliphatic carbocycles. The highest BCUT2D eigenvalue weighted by Crippen LogP contribution is 2.20. The van der Waals surface area contributed by atoms with Gasteiger partial charge in [-0.15, -0.1) is 0 Å². The molecule has 1 aromatic rings. The van der Waals surface area contributed by atoms with E-state index < -0.39 is 0 Å². The van der Waals surface area contributed by atoms with Crippen molar-refractivity contribution in [1.82, 2.24) is 5.48 Å². The molecule has 0 radical (unpaired) electrons. The molecule has 0 bridgehead atoms. The number of rotatable bonds is 4. The Labute approximate surface area is 101 Å². The van der Waals surface area contributed by atoms with Crippen LogP contribution in [0.4, 0.5) is 5.69 Å². The van der Waals surface area contributed by atoms with Gasteiger partial charge in [0.1, 0.15) is 0 Å². The van der Waals surface area contributed by atoms with Gasteiger partial charge in [-0.1, -0.05) is 25.0 Å². The normalized spacial score (nSPS) is 15.8. The fraction of sp³-hybridized carbons (Fsp3) is 0.462. The van der Waals surface area contributed by atoms with Crippen molar-refractivity contribution in [3.05, 3.63) is 29.8 Å². The first-order chi connectivity index (χ1) is 8.31. The maximum atomic E-state index is 11.9. The molecule has 0 aromatic heterocycles. The Morgan fingerprint density at radius 2 is 2.00 bits per heavy atom. The molecule has 2 N–H and O–H groups in total.